The number of aromatic amines is 1. The highest BCUT2D eigenvalue weighted by molar-refractivity contribution is 7.71. The summed E-state index contributed by atoms with van der Waals surface area (Å²) in [5, 5.41) is 10.3. The molecule has 0 aliphatic carbocycles. The van der Waals surface area contributed by atoms with Gasteiger partial charge in [0.1, 0.15) is 10.7 Å². The van der Waals surface area contributed by atoms with Crippen molar-refractivity contribution in [3.8, 4) is 22.3 Å². The van der Waals surface area contributed by atoms with E-state index in [1.54, 1.807) is 49.4 Å². The van der Waals surface area contributed by atoms with Crippen LogP contribution in [0, 0.1) is 12.7 Å². The van der Waals surface area contributed by atoms with Crippen molar-refractivity contribution in [3.05, 3.63) is 118 Å². The lowest BCUT2D eigenvalue weighted by molar-refractivity contribution is 0.0696. The molecule has 0 atom stereocenters. The molecule has 5 rings (SSSR count). The molecule has 5 aromatic rings. The largest absolute Gasteiger partial charge is 0.478 e. The number of hydrogen-bond acceptors (Lipinski definition) is 3. The molecule has 0 spiro atoms. The number of hydrogen-bond donors (Lipinski definition) is 3. The smallest absolute Gasteiger partial charge is 0.335 e. The van der Waals surface area contributed by atoms with E-state index in [1.807, 2.05) is 36.4 Å². The summed E-state index contributed by atoms with van der Waals surface area (Å²) in [4.78, 5) is 14.6. The van der Waals surface area contributed by atoms with E-state index in [0.29, 0.717) is 38.3 Å². The summed E-state index contributed by atoms with van der Waals surface area (Å²) in [6.45, 7) is 1.73. The summed E-state index contributed by atoms with van der Waals surface area (Å²) in [6.07, 6.45) is 0.215. The number of rotatable bonds is 7. The van der Waals surface area contributed by atoms with Crippen molar-refractivity contribution in [2.75, 3.05) is 0 Å². The number of aromatic nitrogens is 1. The quantitative estimate of drug-likeness (QED) is 0.191. The number of fused-ring (bicyclic) bond motifs is 1. The van der Waals surface area contributed by atoms with Crippen molar-refractivity contribution in [1.29, 1.82) is 0 Å². The van der Waals surface area contributed by atoms with E-state index in [1.165, 1.54) is 0 Å². The van der Waals surface area contributed by atoms with Crippen LogP contribution < -0.4 is 0 Å². The van der Waals surface area contributed by atoms with Crippen molar-refractivity contribution in [2.24, 2.45) is 0 Å². The van der Waals surface area contributed by atoms with Crippen LogP contribution in [-0.4, -0.2) is 24.5 Å². The molecule has 0 bridgehead atoms. The molecule has 0 unspecified atom stereocenters. The number of H-pyrrole nitrogens is 1. The number of carbonyl (C=O) groups is 1. The third-order valence-corrected chi connectivity index (χ3v) is 7.54. The molecule has 1 heterocycles. The summed E-state index contributed by atoms with van der Waals surface area (Å²) in [6, 6.07) is 23.6. The van der Waals surface area contributed by atoms with Crippen molar-refractivity contribution in [1.82, 2.24) is 4.98 Å². The topological polar surface area (TPSA) is 87.2 Å². The highest BCUT2D eigenvalue weighted by Gasteiger charge is 2.17. The number of thiol groups is 1. The molecule has 8 heteroatoms. The molecule has 0 aliphatic heterocycles. The Kier molecular flexibility index (Phi) is 7.06. The maximum atomic E-state index is 15.4. The molecule has 2 N–H and O–H groups in total. The number of nitrogens with one attached hydrogen (secondary N) is 1. The molecule has 0 saturated heterocycles. The van der Waals surface area contributed by atoms with Crippen LogP contribution in [0.15, 0.2) is 78.9 Å². The normalized spacial score (nSPS) is 11.4. The molecule has 0 aliphatic rings. The van der Waals surface area contributed by atoms with Gasteiger partial charge in [-0.2, -0.15) is 0 Å². The lowest BCUT2D eigenvalue weighted by atomic mass is 9.99. The second-order valence-corrected chi connectivity index (χ2v) is 10.6. The average molecular weight is 548 g/mol. The van der Waals surface area contributed by atoms with Crippen LogP contribution in [0.3, 0.4) is 0 Å². The second-order valence-electron chi connectivity index (χ2n) is 9.19. The van der Waals surface area contributed by atoms with Gasteiger partial charge in [-0.3, -0.25) is 0 Å². The SMILES string of the molecule is Cc1ccc(Cc2[nH]c3cc(Cl)c(-c4ccc(-c5ccc(C[SH](=O)=O)cc5)cc4)cc3c2F)cc1C(=O)O. The van der Waals surface area contributed by atoms with Crippen LogP contribution in [-0.2, 0) is 22.9 Å². The predicted molar refractivity (Wildman–Crippen MR) is 149 cm³/mol. The van der Waals surface area contributed by atoms with Crippen LogP contribution in [0.4, 0.5) is 4.39 Å². The van der Waals surface area contributed by atoms with E-state index in [2.05, 4.69) is 4.98 Å². The maximum Gasteiger partial charge on any atom is 0.335 e. The zero-order valence-electron chi connectivity index (χ0n) is 20.3. The minimum absolute atomic E-state index is 0.0152. The van der Waals surface area contributed by atoms with Gasteiger partial charge in [0, 0.05) is 17.4 Å². The van der Waals surface area contributed by atoms with Gasteiger partial charge in [-0.25, -0.2) is 17.6 Å². The zero-order chi connectivity index (χ0) is 27.0. The van der Waals surface area contributed by atoms with Gasteiger partial charge in [0.05, 0.1) is 27.5 Å². The van der Waals surface area contributed by atoms with Gasteiger partial charge in [0.2, 0.25) is 0 Å². The fourth-order valence-electron chi connectivity index (χ4n) is 4.59. The number of carboxylic acid groups (broad SMARTS) is 1. The van der Waals surface area contributed by atoms with Crippen LogP contribution in [0.5, 0.6) is 0 Å². The average Bonchev–Trinajstić information content (AvgIpc) is 3.18. The Balaban J connectivity index is 1.43. The molecule has 192 valence electrons. The number of carboxylic acids is 1. The minimum Gasteiger partial charge on any atom is -0.478 e. The number of halogens is 2. The molecule has 1 aromatic heterocycles. The lowest BCUT2D eigenvalue weighted by Crippen LogP contribution is -2.01. The molecule has 5 nitrogen and oxygen atoms in total. The molecule has 0 fully saturated rings. The van der Waals surface area contributed by atoms with E-state index >= 15 is 4.39 Å². The van der Waals surface area contributed by atoms with Crippen molar-refractivity contribution in [2.45, 2.75) is 19.1 Å². The summed E-state index contributed by atoms with van der Waals surface area (Å²) in [5.74, 6) is -1.40. The number of aryl methyl sites for hydroxylation is 1. The number of aromatic carboxylic acids is 1. The van der Waals surface area contributed by atoms with Gasteiger partial charge < -0.3 is 10.1 Å². The Morgan fingerprint density at radius 2 is 1.50 bits per heavy atom. The summed E-state index contributed by atoms with van der Waals surface area (Å²) in [7, 11) is -2.47. The molecule has 4 aromatic carbocycles. The molecule has 0 saturated carbocycles. The van der Waals surface area contributed by atoms with E-state index in [9.17, 15) is 18.3 Å². The Morgan fingerprint density at radius 3 is 2.13 bits per heavy atom. The molecule has 0 radical (unpaired) electrons. The standard InChI is InChI=1S/C30H23ClFNO4S/c1-17-2-3-19(12-23(17)30(34)35)13-28-29(32)25-14-24(26(31)15-27(25)33-28)22-10-8-21(9-11-22)20-6-4-18(5-7-20)16-38(36)37/h2-12,14-15,33,38H,13,16H2,1H3,(H,34,35). The van der Waals surface area contributed by atoms with Crippen molar-refractivity contribution >= 4 is 39.2 Å². The van der Waals surface area contributed by atoms with Crippen LogP contribution in [0.2, 0.25) is 5.02 Å². The molecule has 38 heavy (non-hydrogen) atoms. The predicted octanol–water partition coefficient (Wildman–Crippen LogP) is 7.00. The van der Waals surface area contributed by atoms with E-state index in [0.717, 1.165) is 22.3 Å². The summed E-state index contributed by atoms with van der Waals surface area (Å²) >= 11 is 6.59. The van der Waals surface area contributed by atoms with Gasteiger partial charge in [0.25, 0.3) is 0 Å². The molecular weight excluding hydrogens is 525 g/mol. The Bertz CT molecular complexity index is 1750. The highest BCUT2D eigenvalue weighted by atomic mass is 35.5. The monoisotopic (exact) mass is 547 g/mol. The fourth-order valence-corrected chi connectivity index (χ4v) is 5.37. The van der Waals surface area contributed by atoms with E-state index in [4.69, 9.17) is 11.6 Å². The van der Waals surface area contributed by atoms with E-state index in [-0.39, 0.29) is 17.7 Å². The third-order valence-electron chi connectivity index (χ3n) is 6.60. The summed E-state index contributed by atoms with van der Waals surface area (Å²) in [5.41, 5.74) is 6.61. The first-order chi connectivity index (χ1) is 18.2. The van der Waals surface area contributed by atoms with Gasteiger partial charge in [-0.05, 0) is 58.5 Å². The maximum absolute atomic E-state index is 15.4. The van der Waals surface area contributed by atoms with Gasteiger partial charge in [-0.15, -0.1) is 0 Å². The van der Waals surface area contributed by atoms with Crippen molar-refractivity contribution < 1.29 is 22.7 Å². The van der Waals surface area contributed by atoms with Crippen LogP contribution >= 0.6 is 11.6 Å². The first-order valence-corrected chi connectivity index (χ1v) is 13.6. The number of benzene rings is 4. The minimum atomic E-state index is -2.47. The first kappa shape index (κ1) is 25.7. The highest BCUT2D eigenvalue weighted by Crippen LogP contribution is 2.35. The van der Waals surface area contributed by atoms with Gasteiger partial charge in [-0.1, -0.05) is 72.3 Å². The molecule has 0 amide bonds. The van der Waals surface area contributed by atoms with Crippen LogP contribution in [0.1, 0.15) is 32.7 Å². The Hall–Kier alpha value is -3.94. The van der Waals surface area contributed by atoms with Crippen LogP contribution in [0.25, 0.3) is 33.2 Å². The fraction of sp³-hybridized carbons (Fsp3) is 0.100. The van der Waals surface area contributed by atoms with Gasteiger partial charge in [0.15, 0.2) is 5.82 Å². The Morgan fingerprint density at radius 1 is 0.895 bits per heavy atom. The van der Waals surface area contributed by atoms with Crippen molar-refractivity contribution in [3.63, 3.8) is 0 Å². The van der Waals surface area contributed by atoms with Gasteiger partial charge >= 0.3 is 5.97 Å². The Labute approximate surface area is 225 Å². The second kappa shape index (κ2) is 10.4. The molecular formula is C30H23ClFNO4S. The first-order valence-electron chi connectivity index (χ1n) is 11.8. The van der Waals surface area contributed by atoms with E-state index < -0.39 is 22.5 Å². The lowest BCUT2D eigenvalue weighted by Gasteiger charge is -2.08. The third kappa shape index (κ3) is 5.21. The summed E-state index contributed by atoms with van der Waals surface area (Å²) < 4.78 is 37.3. The zero-order valence-corrected chi connectivity index (χ0v) is 21.9.